The van der Waals surface area contributed by atoms with Crippen molar-refractivity contribution >= 4 is 17.3 Å². The van der Waals surface area contributed by atoms with Crippen LogP contribution in [0.1, 0.15) is 45.7 Å². The largest absolute Gasteiger partial charge is 0.512 e. The number of nitrogens with zero attached hydrogens (tertiary/aromatic N) is 2. The van der Waals surface area contributed by atoms with E-state index in [1.807, 2.05) is 158 Å². The number of carbonyl (C=O) groups is 3. The number of carbonyl (C=O) groups excluding carboxylic acids is 3. The number of aliphatic hydroxyl groups is 1. The monoisotopic (exact) mass is 964 g/mol. The maximum Gasteiger partial charge on any atom is 0.193 e. The zero-order chi connectivity index (χ0) is 41.4. The Kier molecular flexibility index (Phi) is 16.2. The van der Waals surface area contributed by atoms with Crippen molar-refractivity contribution in [3.05, 3.63) is 241 Å². The molecule has 0 aliphatic carbocycles. The molecule has 0 amide bonds. The van der Waals surface area contributed by atoms with Crippen LogP contribution in [0, 0.1) is 6.07 Å². The van der Waals surface area contributed by atoms with Gasteiger partial charge in [-0.25, -0.2) is 0 Å². The van der Waals surface area contributed by atoms with Gasteiger partial charge in [-0.1, -0.05) is 163 Å². The molecule has 0 spiro atoms. The molecule has 8 aromatic rings. The number of pyridine rings is 2. The first-order valence-electron chi connectivity index (χ1n) is 19.0. The van der Waals surface area contributed by atoms with Crippen LogP contribution in [0.2, 0.25) is 0 Å². The first-order valence-corrected chi connectivity index (χ1v) is 19.0. The predicted octanol–water partition coefficient (Wildman–Crippen LogP) is 12.1. The summed E-state index contributed by atoms with van der Waals surface area (Å²) in [4.78, 5) is 43.7. The molecule has 0 bridgehead atoms. The maximum atomic E-state index is 12.5. The number of aliphatic hydroxyl groups excluding tert-OH is 1. The first kappa shape index (κ1) is 44.0. The Morgan fingerprint density at radius 3 is 1.22 bits per heavy atom. The SMILES string of the molecule is CC(=O)C=C(C)O.O=C(c1ccccc1)c1ccc(-c2c[c-]c(-c3ccccn3)cc2)cc1.O=C(c1ccccc1)c1ccc(-c2ccc(-c3ccccn3)cc2)cc1.[Pt]. The van der Waals surface area contributed by atoms with Crippen molar-refractivity contribution < 1.29 is 40.6 Å². The summed E-state index contributed by atoms with van der Waals surface area (Å²) in [6.45, 7) is 2.85. The minimum absolute atomic E-state index is 0. The predicted molar refractivity (Wildman–Crippen MR) is 236 cm³/mol. The average molecular weight is 965 g/mol. The van der Waals surface area contributed by atoms with Crippen molar-refractivity contribution in [1.29, 1.82) is 0 Å². The normalized spacial score (nSPS) is 10.4. The van der Waals surface area contributed by atoms with Crippen molar-refractivity contribution in [1.82, 2.24) is 9.97 Å². The molecular formula is C53H41N2O4Pt-. The fourth-order valence-corrected chi connectivity index (χ4v) is 6.09. The zero-order valence-corrected chi connectivity index (χ0v) is 35.3. The summed E-state index contributed by atoms with van der Waals surface area (Å²) in [5.74, 6) is 0.0179. The van der Waals surface area contributed by atoms with Gasteiger partial charge < -0.3 is 10.1 Å². The van der Waals surface area contributed by atoms with Crippen LogP contribution in [0.25, 0.3) is 44.8 Å². The Bertz CT molecular complexity index is 2440. The Morgan fingerprint density at radius 1 is 0.450 bits per heavy atom. The van der Waals surface area contributed by atoms with Crippen molar-refractivity contribution in [2.24, 2.45) is 0 Å². The van der Waals surface area contributed by atoms with Crippen LogP contribution in [0.4, 0.5) is 0 Å². The molecule has 0 atom stereocenters. The van der Waals surface area contributed by atoms with Crippen molar-refractivity contribution in [3.8, 4) is 44.8 Å². The van der Waals surface area contributed by atoms with Crippen LogP contribution in [-0.2, 0) is 25.9 Å². The number of hydrogen-bond acceptors (Lipinski definition) is 6. The molecule has 8 rings (SSSR count). The van der Waals surface area contributed by atoms with Crippen LogP contribution in [-0.4, -0.2) is 32.4 Å². The van der Waals surface area contributed by atoms with Gasteiger partial charge in [0, 0.05) is 67.4 Å². The van der Waals surface area contributed by atoms with E-state index in [2.05, 4.69) is 46.4 Å². The number of rotatable bonds is 9. The van der Waals surface area contributed by atoms with E-state index >= 15 is 0 Å². The van der Waals surface area contributed by atoms with Crippen LogP contribution >= 0.6 is 0 Å². The van der Waals surface area contributed by atoms with E-state index in [1.54, 1.807) is 12.4 Å². The molecule has 1 N–H and O–H groups in total. The number of benzene rings is 6. The second kappa shape index (κ2) is 22.1. The molecule has 298 valence electrons. The minimum atomic E-state index is -0.125. The molecule has 0 saturated heterocycles. The Hall–Kier alpha value is -7.14. The van der Waals surface area contributed by atoms with Gasteiger partial charge in [0.05, 0.1) is 11.5 Å². The molecule has 6 nitrogen and oxygen atoms in total. The molecule has 2 heterocycles. The van der Waals surface area contributed by atoms with E-state index in [1.165, 1.54) is 19.9 Å². The molecule has 0 unspecified atom stereocenters. The summed E-state index contributed by atoms with van der Waals surface area (Å²) in [5.41, 5.74) is 11.0. The summed E-state index contributed by atoms with van der Waals surface area (Å²) in [6.07, 6.45) is 4.74. The summed E-state index contributed by atoms with van der Waals surface area (Å²) < 4.78 is 0. The number of aromatic nitrogens is 2. The average Bonchev–Trinajstić information content (AvgIpc) is 3.30. The van der Waals surface area contributed by atoms with E-state index in [-0.39, 0.29) is 44.2 Å². The van der Waals surface area contributed by atoms with E-state index in [9.17, 15) is 14.4 Å². The van der Waals surface area contributed by atoms with E-state index in [0.717, 1.165) is 44.8 Å². The van der Waals surface area contributed by atoms with Crippen LogP contribution in [0.15, 0.2) is 212 Å². The van der Waals surface area contributed by atoms with E-state index in [0.29, 0.717) is 22.3 Å². The second-order valence-electron chi connectivity index (χ2n) is 13.4. The van der Waals surface area contributed by atoms with Crippen molar-refractivity contribution in [3.63, 3.8) is 0 Å². The van der Waals surface area contributed by atoms with Gasteiger partial charge in [0.25, 0.3) is 0 Å². The number of ketones is 3. The molecule has 7 heteroatoms. The molecule has 0 radical (unpaired) electrons. The van der Waals surface area contributed by atoms with Gasteiger partial charge in [0.2, 0.25) is 0 Å². The fraction of sp³-hybridized carbons (Fsp3) is 0.0377. The minimum Gasteiger partial charge on any atom is -0.512 e. The van der Waals surface area contributed by atoms with Crippen LogP contribution in [0.3, 0.4) is 0 Å². The second-order valence-corrected chi connectivity index (χ2v) is 13.4. The van der Waals surface area contributed by atoms with Gasteiger partial charge in [-0.15, -0.1) is 29.8 Å². The molecule has 0 aliphatic rings. The fourth-order valence-electron chi connectivity index (χ4n) is 6.09. The van der Waals surface area contributed by atoms with Crippen LogP contribution < -0.4 is 0 Å². The van der Waals surface area contributed by atoms with Gasteiger partial charge >= 0.3 is 0 Å². The first-order chi connectivity index (χ1) is 28.7. The third kappa shape index (κ3) is 12.4. The zero-order valence-electron chi connectivity index (χ0n) is 33.0. The Labute approximate surface area is 365 Å². The van der Waals surface area contributed by atoms with Crippen molar-refractivity contribution in [2.45, 2.75) is 13.8 Å². The van der Waals surface area contributed by atoms with E-state index < -0.39 is 0 Å². The van der Waals surface area contributed by atoms with Gasteiger partial charge in [0.1, 0.15) is 0 Å². The molecule has 60 heavy (non-hydrogen) atoms. The smallest absolute Gasteiger partial charge is 0.193 e. The molecule has 6 aromatic carbocycles. The van der Waals surface area contributed by atoms with Crippen molar-refractivity contribution in [2.75, 3.05) is 0 Å². The van der Waals surface area contributed by atoms with Gasteiger partial charge in [-0.05, 0) is 48.9 Å². The van der Waals surface area contributed by atoms with E-state index in [4.69, 9.17) is 5.11 Å². The summed E-state index contributed by atoms with van der Waals surface area (Å²) in [5, 5.41) is 8.36. The van der Waals surface area contributed by atoms with Crippen LogP contribution in [0.5, 0.6) is 0 Å². The van der Waals surface area contributed by atoms with Gasteiger partial charge in [-0.2, -0.15) is 0 Å². The summed E-state index contributed by atoms with van der Waals surface area (Å²) in [6, 6.07) is 63.5. The molecule has 2 aromatic heterocycles. The Balaban J connectivity index is 0.000000194. The molecular weight excluding hydrogens is 924 g/mol. The number of allylic oxidation sites excluding steroid dienone is 2. The topological polar surface area (TPSA) is 97.2 Å². The van der Waals surface area contributed by atoms with Gasteiger partial charge in [0.15, 0.2) is 17.3 Å². The maximum absolute atomic E-state index is 12.5. The standard InChI is InChI=1S/C24H17NO.C24H16NO.C5H8O2.Pt/c2*26-24(21-6-2-1-3-7-21)22-15-11-19(12-16-22)18-9-13-20(14-10-18)23-8-4-5-17-25-23;1-4(6)3-5(2)7;/h1-17H;1-13,15-17H;3,6H,1-2H3;/q;-1;;. The molecule has 0 fully saturated rings. The third-order valence-electron chi connectivity index (χ3n) is 9.04. The van der Waals surface area contributed by atoms with Gasteiger partial charge in [-0.3, -0.25) is 19.4 Å². The third-order valence-corrected chi connectivity index (χ3v) is 9.04. The molecule has 0 aliphatic heterocycles. The Morgan fingerprint density at radius 2 is 0.833 bits per heavy atom. The quantitative estimate of drug-likeness (QED) is 0.0670. The number of hydrogen-bond donors (Lipinski definition) is 1. The summed E-state index contributed by atoms with van der Waals surface area (Å²) >= 11 is 0. The molecule has 0 saturated carbocycles. The summed E-state index contributed by atoms with van der Waals surface area (Å²) in [7, 11) is 0.